The molecule has 0 atom stereocenters. The molecule has 0 amide bonds. The molecular formula is C10H17NO3S2. The van der Waals surface area contributed by atoms with E-state index in [9.17, 15) is 8.42 Å². The van der Waals surface area contributed by atoms with Crippen LogP contribution < -0.4 is 0 Å². The first-order chi connectivity index (χ1) is 7.52. The average Bonchev–Trinajstić information content (AvgIpc) is 2.74. The van der Waals surface area contributed by atoms with E-state index in [1.807, 2.05) is 13.0 Å². The van der Waals surface area contributed by atoms with Gasteiger partial charge in [0.2, 0.25) is 0 Å². The van der Waals surface area contributed by atoms with Crippen LogP contribution in [0.2, 0.25) is 0 Å². The fourth-order valence-corrected chi connectivity index (χ4v) is 3.97. The van der Waals surface area contributed by atoms with Crippen LogP contribution in [0.15, 0.2) is 16.3 Å². The lowest BCUT2D eigenvalue weighted by atomic mass is 10.4. The van der Waals surface area contributed by atoms with E-state index in [-0.39, 0.29) is 6.61 Å². The summed E-state index contributed by atoms with van der Waals surface area (Å²) in [5, 5.41) is 8.67. The Kier molecular flexibility index (Phi) is 4.91. The number of sulfonamides is 1. The van der Waals surface area contributed by atoms with Crippen LogP contribution in [-0.4, -0.2) is 38.0 Å². The van der Waals surface area contributed by atoms with E-state index in [0.29, 0.717) is 17.2 Å². The van der Waals surface area contributed by atoms with Gasteiger partial charge < -0.3 is 5.11 Å². The van der Waals surface area contributed by atoms with Crippen LogP contribution >= 0.6 is 11.3 Å². The summed E-state index contributed by atoms with van der Waals surface area (Å²) in [5.74, 6) is 0. The third-order valence-electron chi connectivity index (χ3n) is 2.28. The topological polar surface area (TPSA) is 57.6 Å². The number of aliphatic hydroxyl groups is 1. The fraction of sp³-hybridized carbons (Fsp3) is 0.600. The highest BCUT2D eigenvalue weighted by atomic mass is 32.2. The van der Waals surface area contributed by atoms with E-state index in [1.165, 1.54) is 22.7 Å². The Balaban J connectivity index is 2.84. The Hall–Kier alpha value is -0.430. The van der Waals surface area contributed by atoms with Gasteiger partial charge in [-0.05, 0) is 25.0 Å². The molecule has 1 aromatic rings. The maximum Gasteiger partial charge on any atom is 0.252 e. The highest BCUT2D eigenvalue weighted by molar-refractivity contribution is 7.91. The van der Waals surface area contributed by atoms with Gasteiger partial charge in [-0.15, -0.1) is 11.3 Å². The number of hydrogen-bond acceptors (Lipinski definition) is 4. The Morgan fingerprint density at radius 3 is 2.62 bits per heavy atom. The third kappa shape index (κ3) is 3.04. The normalized spacial score (nSPS) is 12.2. The lowest BCUT2D eigenvalue weighted by Crippen LogP contribution is -2.27. The van der Waals surface area contributed by atoms with Gasteiger partial charge in [0.1, 0.15) is 4.21 Å². The van der Waals surface area contributed by atoms with Gasteiger partial charge in [-0.25, -0.2) is 12.7 Å². The van der Waals surface area contributed by atoms with Gasteiger partial charge in [-0.3, -0.25) is 0 Å². The molecule has 0 unspecified atom stereocenters. The minimum absolute atomic E-state index is 0.00447. The number of rotatable bonds is 6. The third-order valence-corrected chi connectivity index (χ3v) is 5.83. The van der Waals surface area contributed by atoms with Crippen LogP contribution in [-0.2, 0) is 16.4 Å². The fourth-order valence-electron chi connectivity index (χ4n) is 1.25. The molecule has 0 aliphatic rings. The van der Waals surface area contributed by atoms with Crippen molar-refractivity contribution in [3.05, 3.63) is 17.0 Å². The zero-order chi connectivity index (χ0) is 12.2. The van der Waals surface area contributed by atoms with E-state index in [1.54, 1.807) is 6.07 Å². The second-order valence-corrected chi connectivity index (χ2v) is 6.92. The first-order valence-electron chi connectivity index (χ1n) is 5.18. The van der Waals surface area contributed by atoms with Crippen LogP contribution in [0.4, 0.5) is 0 Å². The molecule has 0 bridgehead atoms. The predicted octanol–water partition coefficient (Wildman–Crippen LogP) is 1.31. The standard InChI is InChI=1S/C10H17NO3S2/c1-3-9-5-6-10(15-9)16(13,14)11(2)7-4-8-12/h5-6,12H,3-4,7-8H2,1-2H3. The zero-order valence-corrected chi connectivity index (χ0v) is 11.1. The van der Waals surface area contributed by atoms with Crippen LogP contribution in [0.3, 0.4) is 0 Å². The minimum atomic E-state index is -3.36. The summed E-state index contributed by atoms with van der Waals surface area (Å²) in [6.45, 7) is 2.35. The largest absolute Gasteiger partial charge is 0.396 e. The molecule has 0 saturated carbocycles. The quantitative estimate of drug-likeness (QED) is 0.842. The highest BCUT2D eigenvalue weighted by Gasteiger charge is 2.21. The van der Waals surface area contributed by atoms with Crippen molar-refractivity contribution in [1.82, 2.24) is 4.31 Å². The minimum Gasteiger partial charge on any atom is -0.396 e. The van der Waals surface area contributed by atoms with Crippen molar-refractivity contribution in [1.29, 1.82) is 0 Å². The lowest BCUT2D eigenvalue weighted by Gasteiger charge is -2.14. The highest BCUT2D eigenvalue weighted by Crippen LogP contribution is 2.24. The van der Waals surface area contributed by atoms with Crippen molar-refractivity contribution in [2.24, 2.45) is 0 Å². The maximum absolute atomic E-state index is 12.0. The van der Waals surface area contributed by atoms with Crippen molar-refractivity contribution in [2.45, 2.75) is 24.0 Å². The number of aliphatic hydroxyl groups excluding tert-OH is 1. The molecule has 0 aliphatic heterocycles. The molecule has 0 spiro atoms. The van der Waals surface area contributed by atoms with E-state index in [2.05, 4.69) is 0 Å². The second-order valence-electron chi connectivity index (χ2n) is 3.48. The smallest absolute Gasteiger partial charge is 0.252 e. The first kappa shape index (κ1) is 13.6. The molecule has 1 N–H and O–H groups in total. The molecular weight excluding hydrogens is 246 g/mol. The van der Waals surface area contributed by atoms with E-state index in [0.717, 1.165) is 11.3 Å². The van der Waals surface area contributed by atoms with Crippen LogP contribution in [0.1, 0.15) is 18.2 Å². The molecule has 4 nitrogen and oxygen atoms in total. The van der Waals surface area contributed by atoms with Gasteiger partial charge in [0.15, 0.2) is 0 Å². The maximum atomic E-state index is 12.0. The van der Waals surface area contributed by atoms with Crippen molar-refractivity contribution >= 4 is 21.4 Å². The summed E-state index contributed by atoms with van der Waals surface area (Å²) in [6.07, 6.45) is 1.31. The molecule has 1 rings (SSSR count). The van der Waals surface area contributed by atoms with E-state index in [4.69, 9.17) is 5.11 Å². The lowest BCUT2D eigenvalue weighted by molar-refractivity contribution is 0.276. The Morgan fingerprint density at radius 1 is 1.44 bits per heavy atom. The van der Waals surface area contributed by atoms with Crippen LogP contribution in [0.5, 0.6) is 0 Å². The molecule has 16 heavy (non-hydrogen) atoms. The predicted molar refractivity (Wildman–Crippen MR) is 65.2 cm³/mol. The summed E-state index contributed by atoms with van der Waals surface area (Å²) in [5.41, 5.74) is 0. The summed E-state index contributed by atoms with van der Waals surface area (Å²) in [7, 11) is -1.82. The van der Waals surface area contributed by atoms with Crippen LogP contribution in [0.25, 0.3) is 0 Å². The van der Waals surface area contributed by atoms with Gasteiger partial charge in [0, 0.05) is 25.1 Å². The Bertz CT molecular complexity index is 425. The first-order valence-corrected chi connectivity index (χ1v) is 7.44. The van der Waals surface area contributed by atoms with Crippen molar-refractivity contribution in [2.75, 3.05) is 20.2 Å². The summed E-state index contributed by atoms with van der Waals surface area (Å²) >= 11 is 1.31. The molecule has 0 radical (unpaired) electrons. The molecule has 92 valence electrons. The monoisotopic (exact) mass is 263 g/mol. The SMILES string of the molecule is CCc1ccc(S(=O)(=O)N(C)CCCO)s1. The molecule has 1 aromatic heterocycles. The van der Waals surface area contributed by atoms with Gasteiger partial charge in [-0.2, -0.15) is 0 Å². The summed E-state index contributed by atoms with van der Waals surface area (Å²) in [4.78, 5) is 1.06. The summed E-state index contributed by atoms with van der Waals surface area (Å²) < 4.78 is 25.7. The molecule has 6 heteroatoms. The Labute approximate surface area is 101 Å². The second kappa shape index (κ2) is 5.77. The number of hydrogen-bond donors (Lipinski definition) is 1. The number of aryl methyl sites for hydroxylation is 1. The van der Waals surface area contributed by atoms with Crippen molar-refractivity contribution in [3.63, 3.8) is 0 Å². The Morgan fingerprint density at radius 2 is 2.12 bits per heavy atom. The van der Waals surface area contributed by atoms with Gasteiger partial charge in [-0.1, -0.05) is 6.92 Å². The van der Waals surface area contributed by atoms with E-state index < -0.39 is 10.0 Å². The zero-order valence-electron chi connectivity index (χ0n) is 9.51. The van der Waals surface area contributed by atoms with Crippen molar-refractivity contribution < 1.29 is 13.5 Å². The van der Waals surface area contributed by atoms with Crippen molar-refractivity contribution in [3.8, 4) is 0 Å². The number of nitrogens with zero attached hydrogens (tertiary/aromatic N) is 1. The molecule has 0 aliphatic carbocycles. The number of thiophene rings is 1. The molecule has 0 fully saturated rings. The molecule has 1 heterocycles. The average molecular weight is 263 g/mol. The van der Waals surface area contributed by atoms with Gasteiger partial charge >= 0.3 is 0 Å². The summed E-state index contributed by atoms with van der Waals surface area (Å²) in [6, 6.07) is 3.49. The van der Waals surface area contributed by atoms with Gasteiger partial charge in [0.25, 0.3) is 10.0 Å². The van der Waals surface area contributed by atoms with Crippen LogP contribution in [0, 0.1) is 0 Å². The van der Waals surface area contributed by atoms with E-state index >= 15 is 0 Å². The molecule has 0 saturated heterocycles. The molecule has 0 aromatic carbocycles. The van der Waals surface area contributed by atoms with Gasteiger partial charge in [0.05, 0.1) is 0 Å².